The summed E-state index contributed by atoms with van der Waals surface area (Å²) in [6, 6.07) is 0. The van der Waals surface area contributed by atoms with Crippen LogP contribution in [0.2, 0.25) is 0 Å². The lowest BCUT2D eigenvalue weighted by Gasteiger charge is -2.42. The molecule has 1 aliphatic heterocycles. The standard InChI is InChI=1S/C14H21NO4S/c1-3-13(11(16)17)7-5-6-8-9(13)14(4-2,12(18)19)10(15)20-8/h10H,3-7,15H2,1-2H3,(H,16,17)(H,18,19). The minimum absolute atomic E-state index is 0.324. The predicted molar refractivity (Wildman–Crippen MR) is 77.2 cm³/mol. The van der Waals surface area contributed by atoms with Crippen LogP contribution >= 0.6 is 11.8 Å². The molecular weight excluding hydrogens is 278 g/mol. The minimum Gasteiger partial charge on any atom is -0.481 e. The Morgan fingerprint density at radius 3 is 2.40 bits per heavy atom. The largest absolute Gasteiger partial charge is 0.481 e. The van der Waals surface area contributed by atoms with Crippen LogP contribution in [0, 0.1) is 10.8 Å². The lowest BCUT2D eigenvalue weighted by atomic mass is 9.59. The average Bonchev–Trinajstić information content (AvgIpc) is 2.70. The molecule has 0 saturated heterocycles. The van der Waals surface area contributed by atoms with E-state index in [9.17, 15) is 19.8 Å². The molecule has 0 aromatic rings. The highest BCUT2D eigenvalue weighted by Crippen LogP contribution is 2.62. The summed E-state index contributed by atoms with van der Waals surface area (Å²) < 4.78 is 0. The van der Waals surface area contributed by atoms with Crippen LogP contribution in [0.1, 0.15) is 46.0 Å². The van der Waals surface area contributed by atoms with Crippen LogP contribution in [0.3, 0.4) is 0 Å². The molecule has 20 heavy (non-hydrogen) atoms. The van der Waals surface area contributed by atoms with Gasteiger partial charge in [0.25, 0.3) is 0 Å². The molecule has 5 nitrogen and oxygen atoms in total. The second kappa shape index (κ2) is 5.07. The Hall–Kier alpha value is -1.01. The first-order chi connectivity index (χ1) is 9.36. The van der Waals surface area contributed by atoms with Crippen molar-refractivity contribution < 1.29 is 19.8 Å². The van der Waals surface area contributed by atoms with Gasteiger partial charge in [-0.05, 0) is 42.6 Å². The third-order valence-corrected chi connectivity index (χ3v) is 6.27. The summed E-state index contributed by atoms with van der Waals surface area (Å²) in [4.78, 5) is 24.7. The number of carboxylic acid groups (broad SMARTS) is 2. The van der Waals surface area contributed by atoms with Crippen molar-refractivity contribution in [2.75, 3.05) is 0 Å². The van der Waals surface area contributed by atoms with E-state index in [1.165, 1.54) is 11.8 Å². The van der Waals surface area contributed by atoms with E-state index in [1.807, 2.05) is 6.92 Å². The third kappa shape index (κ3) is 1.74. The van der Waals surface area contributed by atoms with Crippen LogP contribution in [-0.4, -0.2) is 27.5 Å². The van der Waals surface area contributed by atoms with Crippen LogP contribution in [0.15, 0.2) is 10.5 Å². The molecule has 2 rings (SSSR count). The minimum atomic E-state index is -1.24. The van der Waals surface area contributed by atoms with Crippen molar-refractivity contribution in [1.29, 1.82) is 0 Å². The summed E-state index contributed by atoms with van der Waals surface area (Å²) in [5.41, 5.74) is 4.38. The van der Waals surface area contributed by atoms with Gasteiger partial charge in [0.15, 0.2) is 0 Å². The zero-order chi connectivity index (χ0) is 15.1. The Morgan fingerprint density at radius 2 is 1.95 bits per heavy atom. The fraction of sp³-hybridized carbons (Fsp3) is 0.714. The van der Waals surface area contributed by atoms with Gasteiger partial charge in [0.2, 0.25) is 0 Å². The van der Waals surface area contributed by atoms with Gasteiger partial charge in [-0.15, -0.1) is 11.8 Å². The maximum Gasteiger partial charge on any atom is 0.316 e. The molecule has 0 radical (unpaired) electrons. The normalized spacial score (nSPS) is 36.9. The van der Waals surface area contributed by atoms with Crippen molar-refractivity contribution in [2.45, 2.75) is 51.3 Å². The molecule has 0 spiro atoms. The molecule has 1 heterocycles. The molecule has 2 aliphatic rings. The first-order valence-electron chi connectivity index (χ1n) is 7.00. The summed E-state index contributed by atoms with van der Waals surface area (Å²) >= 11 is 1.36. The fourth-order valence-corrected chi connectivity index (χ4v) is 5.38. The van der Waals surface area contributed by atoms with Crippen LogP contribution in [0.4, 0.5) is 0 Å². The van der Waals surface area contributed by atoms with E-state index in [1.54, 1.807) is 6.92 Å². The number of carbonyl (C=O) groups is 2. The van der Waals surface area contributed by atoms with Gasteiger partial charge in [-0.2, -0.15) is 0 Å². The van der Waals surface area contributed by atoms with Gasteiger partial charge in [0, 0.05) is 0 Å². The first kappa shape index (κ1) is 15.4. The lowest BCUT2D eigenvalue weighted by molar-refractivity contribution is -0.152. The molecule has 3 unspecified atom stereocenters. The maximum atomic E-state index is 11.9. The Bertz CT molecular complexity index is 490. The molecule has 0 aromatic carbocycles. The molecule has 6 heteroatoms. The van der Waals surface area contributed by atoms with E-state index in [2.05, 4.69) is 0 Å². The molecule has 0 saturated carbocycles. The fourth-order valence-electron chi connectivity index (χ4n) is 3.73. The molecule has 112 valence electrons. The maximum absolute atomic E-state index is 11.9. The highest BCUT2D eigenvalue weighted by Gasteiger charge is 2.61. The molecule has 0 amide bonds. The van der Waals surface area contributed by atoms with Gasteiger partial charge in [-0.1, -0.05) is 13.8 Å². The summed E-state index contributed by atoms with van der Waals surface area (Å²) in [5.74, 6) is -1.91. The summed E-state index contributed by atoms with van der Waals surface area (Å²) in [6.07, 6.45) is 2.75. The number of hydrogen-bond donors (Lipinski definition) is 3. The van der Waals surface area contributed by atoms with Crippen LogP contribution < -0.4 is 5.73 Å². The highest BCUT2D eigenvalue weighted by atomic mass is 32.2. The third-order valence-electron chi connectivity index (χ3n) is 4.92. The van der Waals surface area contributed by atoms with E-state index >= 15 is 0 Å². The number of allylic oxidation sites excluding steroid dienone is 1. The molecular formula is C14H21NO4S. The summed E-state index contributed by atoms with van der Waals surface area (Å²) in [7, 11) is 0. The van der Waals surface area contributed by atoms with Crippen LogP contribution in [0.5, 0.6) is 0 Å². The Morgan fingerprint density at radius 1 is 1.30 bits per heavy atom. The summed E-state index contributed by atoms with van der Waals surface area (Å²) in [6.45, 7) is 3.60. The second-order valence-corrected chi connectivity index (χ2v) is 6.80. The van der Waals surface area contributed by atoms with Gasteiger partial charge in [-0.25, -0.2) is 0 Å². The van der Waals surface area contributed by atoms with E-state index in [-0.39, 0.29) is 0 Å². The first-order valence-corrected chi connectivity index (χ1v) is 7.88. The van der Waals surface area contributed by atoms with Gasteiger partial charge in [0.05, 0.1) is 10.8 Å². The zero-order valence-corrected chi connectivity index (χ0v) is 12.6. The average molecular weight is 299 g/mol. The summed E-state index contributed by atoms with van der Waals surface area (Å²) in [5, 5.41) is 18.9. The van der Waals surface area contributed by atoms with Gasteiger partial charge < -0.3 is 15.9 Å². The molecule has 0 fully saturated rings. The van der Waals surface area contributed by atoms with Crippen molar-refractivity contribution in [3.05, 3.63) is 10.5 Å². The van der Waals surface area contributed by atoms with Crippen LogP contribution in [0.25, 0.3) is 0 Å². The van der Waals surface area contributed by atoms with Crippen LogP contribution in [-0.2, 0) is 9.59 Å². The number of nitrogens with two attached hydrogens (primary N) is 1. The van der Waals surface area contributed by atoms with Gasteiger partial charge in [-0.3, -0.25) is 9.59 Å². The number of aliphatic carboxylic acids is 2. The lowest BCUT2D eigenvalue weighted by Crippen LogP contribution is -2.50. The molecule has 0 aromatic heterocycles. The smallest absolute Gasteiger partial charge is 0.316 e. The van der Waals surface area contributed by atoms with Crippen molar-refractivity contribution in [3.8, 4) is 0 Å². The second-order valence-electron chi connectivity index (χ2n) is 5.56. The Kier molecular flexibility index (Phi) is 3.90. The van der Waals surface area contributed by atoms with Crippen molar-refractivity contribution in [2.24, 2.45) is 16.6 Å². The molecule has 3 atom stereocenters. The topological polar surface area (TPSA) is 101 Å². The molecule has 0 bridgehead atoms. The van der Waals surface area contributed by atoms with E-state index in [4.69, 9.17) is 5.73 Å². The van der Waals surface area contributed by atoms with E-state index < -0.39 is 28.1 Å². The zero-order valence-electron chi connectivity index (χ0n) is 11.8. The number of hydrogen-bond acceptors (Lipinski definition) is 4. The van der Waals surface area contributed by atoms with Crippen molar-refractivity contribution in [3.63, 3.8) is 0 Å². The van der Waals surface area contributed by atoms with E-state index in [0.717, 1.165) is 17.7 Å². The van der Waals surface area contributed by atoms with Gasteiger partial charge >= 0.3 is 11.9 Å². The van der Waals surface area contributed by atoms with E-state index in [0.29, 0.717) is 24.8 Å². The molecule has 1 aliphatic carbocycles. The molecule has 4 N–H and O–H groups in total. The monoisotopic (exact) mass is 299 g/mol. The van der Waals surface area contributed by atoms with Gasteiger partial charge in [0.1, 0.15) is 5.41 Å². The number of rotatable bonds is 4. The number of thioether (sulfide) groups is 1. The number of carboxylic acids is 2. The SMILES string of the molecule is CCC1(C(=O)O)CCCC2=C1C(CC)(C(=O)O)C(N)S2. The Labute approximate surface area is 122 Å². The van der Waals surface area contributed by atoms with Crippen molar-refractivity contribution in [1.82, 2.24) is 0 Å². The van der Waals surface area contributed by atoms with Crippen molar-refractivity contribution >= 4 is 23.7 Å². The predicted octanol–water partition coefficient (Wildman–Crippen LogP) is 2.42. The highest BCUT2D eigenvalue weighted by molar-refractivity contribution is 8.04. The Balaban J connectivity index is 2.70. The quantitative estimate of drug-likeness (QED) is 0.737.